The molecule has 0 aliphatic carbocycles. The van der Waals surface area contributed by atoms with Crippen molar-refractivity contribution >= 4 is 23.4 Å². The zero-order valence-electron chi connectivity index (χ0n) is 5.97. The number of carbonyl (C=O) groups excluding carboxylic acids is 1. The fourth-order valence-corrected chi connectivity index (χ4v) is 1.03. The van der Waals surface area contributed by atoms with E-state index in [-0.39, 0.29) is 36.8 Å². The van der Waals surface area contributed by atoms with Gasteiger partial charge in [-0.25, -0.2) is 4.40 Å². The number of nitrogens with zero attached hydrogens (tertiary/aromatic N) is 1. The number of Topliss-reactive ketones (excluding diaryl/α,β-unsaturated/α-hetero) is 1. The molecule has 0 saturated heterocycles. The number of carbonyl (C=O) groups is 1. The summed E-state index contributed by atoms with van der Waals surface area (Å²) in [5, 5.41) is 0. The maximum Gasteiger partial charge on any atom is 1.00 e. The van der Waals surface area contributed by atoms with Gasteiger partial charge in [-0.05, 0) is 18.9 Å². The van der Waals surface area contributed by atoms with Crippen molar-refractivity contribution < 1.29 is 35.8 Å². The van der Waals surface area contributed by atoms with Gasteiger partial charge in [-0.3, -0.25) is 4.79 Å². The van der Waals surface area contributed by atoms with Gasteiger partial charge in [0.05, 0.1) is 11.5 Å². The van der Waals surface area contributed by atoms with Crippen molar-refractivity contribution in [2.45, 2.75) is 6.92 Å². The summed E-state index contributed by atoms with van der Waals surface area (Å²) in [5.74, 6) is 0.719. The molecule has 1 heterocycles. The van der Waals surface area contributed by atoms with Crippen LogP contribution < -0.4 is 29.6 Å². The molecule has 0 bridgehead atoms. The van der Waals surface area contributed by atoms with Crippen molar-refractivity contribution in [3.05, 3.63) is 0 Å². The van der Waals surface area contributed by atoms with E-state index in [0.717, 1.165) is 0 Å². The largest absolute Gasteiger partial charge is 1.00 e. The monoisotopic (exact) mass is 139 g/mol. The van der Waals surface area contributed by atoms with E-state index in [9.17, 15) is 4.79 Å². The third-order valence-electron chi connectivity index (χ3n) is 0.801. The first-order chi connectivity index (χ1) is 3.30. The molecule has 0 fully saturated rings. The summed E-state index contributed by atoms with van der Waals surface area (Å²) in [6.45, 7) is 1.74. The number of rotatable bonds is 0. The molecule has 40 valence electrons. The summed E-state index contributed by atoms with van der Waals surface area (Å²) in [6, 6.07) is 0. The summed E-state index contributed by atoms with van der Waals surface area (Å²) < 4.78 is 3.80. The molecule has 0 atom stereocenters. The van der Waals surface area contributed by atoms with E-state index in [4.69, 9.17) is 0 Å². The molecule has 4 heteroatoms. The van der Waals surface area contributed by atoms with Gasteiger partial charge in [-0.1, -0.05) is 0 Å². The van der Waals surface area contributed by atoms with Crippen LogP contribution in [0.2, 0.25) is 0 Å². The zero-order chi connectivity index (χ0) is 5.28. The van der Waals surface area contributed by atoms with Crippen LogP contribution >= 0.6 is 11.9 Å². The van der Waals surface area contributed by atoms with Crippen LogP contribution in [-0.2, 0) is 4.79 Å². The molecule has 0 unspecified atom stereocenters. The van der Waals surface area contributed by atoms with Gasteiger partial charge < -0.3 is 1.43 Å². The fourth-order valence-electron chi connectivity index (χ4n) is 0.343. The van der Waals surface area contributed by atoms with Crippen molar-refractivity contribution in [2.75, 3.05) is 5.75 Å². The van der Waals surface area contributed by atoms with Crippen molar-refractivity contribution in [3.8, 4) is 0 Å². The van der Waals surface area contributed by atoms with Gasteiger partial charge in [0.15, 0.2) is 5.78 Å². The molecule has 1 rings (SSSR count). The SMILES string of the molecule is CC1=NSCC1=O.[H-].[Na+]. The van der Waals surface area contributed by atoms with Gasteiger partial charge in [0.25, 0.3) is 0 Å². The molecular formula is C4H6NNaOS. The Bertz CT molecular complexity index is 139. The van der Waals surface area contributed by atoms with E-state index in [2.05, 4.69) is 4.40 Å². The topological polar surface area (TPSA) is 29.4 Å². The molecule has 0 aromatic rings. The molecular weight excluding hydrogens is 133 g/mol. The summed E-state index contributed by atoms with van der Waals surface area (Å²) in [4.78, 5) is 10.4. The van der Waals surface area contributed by atoms with E-state index in [1.54, 1.807) is 6.92 Å². The number of ketones is 1. The van der Waals surface area contributed by atoms with Gasteiger partial charge in [-0.15, -0.1) is 0 Å². The van der Waals surface area contributed by atoms with Crippen LogP contribution in [0.15, 0.2) is 4.40 Å². The normalized spacial score (nSPS) is 17.6. The first kappa shape index (κ1) is 8.69. The predicted molar refractivity (Wildman–Crippen MR) is 31.7 cm³/mol. The molecule has 0 spiro atoms. The zero-order valence-corrected chi connectivity index (χ0v) is 7.79. The van der Waals surface area contributed by atoms with Crippen LogP contribution in [0.4, 0.5) is 0 Å². The van der Waals surface area contributed by atoms with E-state index in [1.165, 1.54) is 11.9 Å². The van der Waals surface area contributed by atoms with Crippen molar-refractivity contribution in [1.29, 1.82) is 0 Å². The van der Waals surface area contributed by atoms with Crippen LogP contribution in [0.25, 0.3) is 0 Å². The molecule has 0 N–H and O–H groups in total. The van der Waals surface area contributed by atoms with E-state index >= 15 is 0 Å². The van der Waals surface area contributed by atoms with Crippen LogP contribution in [0.5, 0.6) is 0 Å². The predicted octanol–water partition coefficient (Wildman–Crippen LogP) is -2.21. The number of hydrogen-bond acceptors (Lipinski definition) is 3. The Hall–Kier alpha value is 0.690. The maximum atomic E-state index is 10.4. The van der Waals surface area contributed by atoms with Crippen molar-refractivity contribution in [3.63, 3.8) is 0 Å². The molecule has 8 heavy (non-hydrogen) atoms. The molecule has 0 aromatic heterocycles. The van der Waals surface area contributed by atoms with Gasteiger partial charge >= 0.3 is 29.6 Å². The van der Waals surface area contributed by atoms with Gasteiger partial charge in [-0.2, -0.15) is 0 Å². The molecule has 0 radical (unpaired) electrons. The first-order valence-corrected chi connectivity index (χ1v) is 2.95. The fraction of sp³-hybridized carbons (Fsp3) is 0.500. The van der Waals surface area contributed by atoms with Crippen molar-refractivity contribution in [2.24, 2.45) is 4.40 Å². The average molecular weight is 139 g/mol. The minimum absolute atomic E-state index is 0. The second-order valence-corrected chi connectivity index (χ2v) is 2.10. The Kier molecular flexibility index (Phi) is 3.98. The van der Waals surface area contributed by atoms with E-state index in [1.807, 2.05) is 0 Å². The van der Waals surface area contributed by atoms with Crippen molar-refractivity contribution in [1.82, 2.24) is 0 Å². The second kappa shape index (κ2) is 3.67. The van der Waals surface area contributed by atoms with E-state index < -0.39 is 0 Å². The Balaban J connectivity index is 0. The molecule has 0 saturated carbocycles. The van der Waals surface area contributed by atoms with Crippen LogP contribution in [0.3, 0.4) is 0 Å². The first-order valence-electron chi connectivity index (χ1n) is 2.00. The Morgan fingerprint density at radius 2 is 2.50 bits per heavy atom. The number of hydrogen-bond donors (Lipinski definition) is 0. The van der Waals surface area contributed by atoms with Gasteiger partial charge in [0, 0.05) is 0 Å². The van der Waals surface area contributed by atoms with E-state index in [0.29, 0.717) is 11.5 Å². The minimum Gasteiger partial charge on any atom is -1.00 e. The molecule has 2 nitrogen and oxygen atoms in total. The minimum atomic E-state index is 0. The second-order valence-electron chi connectivity index (χ2n) is 1.37. The average Bonchev–Trinajstić information content (AvgIpc) is 1.91. The van der Waals surface area contributed by atoms with Crippen LogP contribution in [-0.4, -0.2) is 17.2 Å². The third-order valence-corrected chi connectivity index (χ3v) is 1.59. The summed E-state index contributed by atoms with van der Waals surface area (Å²) in [6.07, 6.45) is 0. The smallest absolute Gasteiger partial charge is 1.00 e. The Labute approximate surface area is 76.0 Å². The summed E-state index contributed by atoms with van der Waals surface area (Å²) >= 11 is 1.33. The van der Waals surface area contributed by atoms with Gasteiger partial charge in [0.1, 0.15) is 0 Å². The molecule has 0 amide bonds. The van der Waals surface area contributed by atoms with Gasteiger partial charge in [0.2, 0.25) is 0 Å². The Morgan fingerprint density at radius 3 is 2.62 bits per heavy atom. The third kappa shape index (κ3) is 1.90. The summed E-state index contributed by atoms with van der Waals surface area (Å²) in [5.41, 5.74) is 0.657. The standard InChI is InChI=1S/C4H5NOS.Na.H/c1-3-4(6)2-7-5-3;;/h2H2,1H3;;/q;+1;-1. The maximum absolute atomic E-state index is 10.4. The van der Waals surface area contributed by atoms with Crippen LogP contribution in [0.1, 0.15) is 8.35 Å². The Morgan fingerprint density at radius 1 is 1.88 bits per heavy atom. The molecule has 1 aliphatic rings. The van der Waals surface area contributed by atoms with Crippen LogP contribution in [0, 0.1) is 0 Å². The quantitative estimate of drug-likeness (QED) is 0.281. The molecule has 0 aromatic carbocycles. The molecule has 1 aliphatic heterocycles. The summed E-state index contributed by atoms with van der Waals surface area (Å²) in [7, 11) is 0.